The van der Waals surface area contributed by atoms with Gasteiger partial charge in [0.05, 0.1) is 18.8 Å². The fourth-order valence-electron chi connectivity index (χ4n) is 4.42. The van der Waals surface area contributed by atoms with Crippen molar-refractivity contribution in [2.24, 2.45) is 5.92 Å². The maximum Gasteiger partial charge on any atom is 0.225 e. The molecule has 3 rings (SSSR count). The van der Waals surface area contributed by atoms with E-state index in [0.717, 1.165) is 5.75 Å². The van der Waals surface area contributed by atoms with E-state index in [4.69, 9.17) is 9.47 Å². The van der Waals surface area contributed by atoms with Gasteiger partial charge in [0.15, 0.2) is 5.78 Å². The van der Waals surface area contributed by atoms with Crippen LogP contribution in [0.1, 0.15) is 56.8 Å². The van der Waals surface area contributed by atoms with Crippen LogP contribution in [0.15, 0.2) is 24.3 Å². The van der Waals surface area contributed by atoms with Crippen molar-refractivity contribution in [3.8, 4) is 5.75 Å². The average molecular weight is 431 g/mol. The van der Waals surface area contributed by atoms with Crippen molar-refractivity contribution in [2.75, 3.05) is 32.8 Å². The molecule has 2 fully saturated rings. The van der Waals surface area contributed by atoms with Gasteiger partial charge < -0.3 is 19.3 Å². The van der Waals surface area contributed by atoms with Gasteiger partial charge in [-0.25, -0.2) is 0 Å². The summed E-state index contributed by atoms with van der Waals surface area (Å²) in [6.45, 7) is 8.88. The van der Waals surface area contributed by atoms with Crippen molar-refractivity contribution < 1.29 is 23.9 Å². The average Bonchev–Trinajstić information content (AvgIpc) is 2.77. The largest absolute Gasteiger partial charge is 0.494 e. The molecule has 7 heteroatoms. The number of Topliss-reactive ketones (excluding diaryl/α,β-unsaturated/α-hetero) is 1. The summed E-state index contributed by atoms with van der Waals surface area (Å²) in [5.74, 6) is 0.816. The lowest BCUT2D eigenvalue weighted by molar-refractivity contribution is -0.150. The van der Waals surface area contributed by atoms with Crippen LogP contribution in [0, 0.1) is 5.92 Å². The second kappa shape index (κ2) is 10.8. The number of ether oxygens (including phenoxy) is 2. The number of hydrogen-bond acceptors (Lipinski definition) is 5. The van der Waals surface area contributed by atoms with Crippen molar-refractivity contribution in [1.82, 2.24) is 9.80 Å². The fourth-order valence-corrected chi connectivity index (χ4v) is 4.42. The molecule has 0 saturated carbocycles. The first-order chi connectivity index (χ1) is 14.9. The summed E-state index contributed by atoms with van der Waals surface area (Å²) in [5, 5.41) is 0. The Labute approximate surface area is 184 Å². The molecule has 2 atom stereocenters. The van der Waals surface area contributed by atoms with Crippen LogP contribution < -0.4 is 4.74 Å². The van der Waals surface area contributed by atoms with E-state index in [1.807, 2.05) is 25.7 Å². The second-order valence-electron chi connectivity index (χ2n) is 8.54. The van der Waals surface area contributed by atoms with E-state index >= 15 is 0 Å². The van der Waals surface area contributed by atoms with E-state index in [9.17, 15) is 14.4 Å². The third kappa shape index (κ3) is 6.29. The summed E-state index contributed by atoms with van der Waals surface area (Å²) in [7, 11) is 0. The zero-order chi connectivity index (χ0) is 22.4. The number of hydrogen-bond donors (Lipinski definition) is 0. The number of amides is 2. The predicted octanol–water partition coefficient (Wildman–Crippen LogP) is 2.92. The van der Waals surface area contributed by atoms with Crippen molar-refractivity contribution in [1.29, 1.82) is 0 Å². The molecule has 31 heavy (non-hydrogen) atoms. The molecule has 2 aliphatic rings. The summed E-state index contributed by atoms with van der Waals surface area (Å²) < 4.78 is 11.1. The van der Waals surface area contributed by atoms with Crippen LogP contribution in [0.25, 0.3) is 0 Å². The molecule has 2 saturated heterocycles. The van der Waals surface area contributed by atoms with Gasteiger partial charge in [0, 0.05) is 50.5 Å². The molecule has 0 aliphatic carbocycles. The van der Waals surface area contributed by atoms with E-state index in [-0.39, 0.29) is 48.6 Å². The molecule has 0 N–H and O–H groups in total. The minimum Gasteiger partial charge on any atom is -0.494 e. The number of likely N-dealkylation sites (tertiary alicyclic amines) is 1. The van der Waals surface area contributed by atoms with Crippen LogP contribution >= 0.6 is 0 Å². The lowest BCUT2D eigenvalue weighted by Gasteiger charge is -2.39. The number of carbonyl (C=O) groups excluding carboxylic acids is 3. The summed E-state index contributed by atoms with van der Waals surface area (Å²) in [6, 6.07) is 7.02. The molecule has 2 heterocycles. The SMILES string of the molecule is CCOc1ccc(C(=O)CCC(=O)N2CCC(C(=O)N3CC(C)OC(C)C3)CC2)cc1. The van der Waals surface area contributed by atoms with Gasteiger partial charge in [0.2, 0.25) is 11.8 Å². The van der Waals surface area contributed by atoms with Gasteiger partial charge in [-0.3, -0.25) is 14.4 Å². The Morgan fingerprint density at radius 2 is 1.58 bits per heavy atom. The first-order valence-electron chi connectivity index (χ1n) is 11.4. The maximum absolute atomic E-state index is 12.9. The number of morpholine rings is 1. The molecular formula is C24H34N2O5. The van der Waals surface area contributed by atoms with Gasteiger partial charge >= 0.3 is 0 Å². The van der Waals surface area contributed by atoms with Crippen molar-refractivity contribution in [3.63, 3.8) is 0 Å². The Kier molecular flexibility index (Phi) is 8.07. The van der Waals surface area contributed by atoms with Crippen LogP contribution in [-0.4, -0.2) is 72.4 Å². The molecule has 1 aromatic carbocycles. The Balaban J connectivity index is 1.42. The van der Waals surface area contributed by atoms with Gasteiger partial charge in [-0.15, -0.1) is 0 Å². The van der Waals surface area contributed by atoms with E-state index < -0.39 is 0 Å². The number of rotatable bonds is 7. The van der Waals surface area contributed by atoms with Crippen molar-refractivity contribution in [3.05, 3.63) is 29.8 Å². The van der Waals surface area contributed by atoms with Crippen molar-refractivity contribution in [2.45, 2.75) is 58.7 Å². The summed E-state index contributed by atoms with van der Waals surface area (Å²) >= 11 is 0. The van der Waals surface area contributed by atoms with Crippen LogP contribution in [0.2, 0.25) is 0 Å². The van der Waals surface area contributed by atoms with Gasteiger partial charge in [0.25, 0.3) is 0 Å². The Bertz CT molecular complexity index is 761. The molecule has 2 aliphatic heterocycles. The van der Waals surface area contributed by atoms with Crippen LogP contribution in [0.4, 0.5) is 0 Å². The number of benzene rings is 1. The number of piperidine rings is 1. The molecule has 1 aromatic rings. The Morgan fingerprint density at radius 1 is 0.968 bits per heavy atom. The van der Waals surface area contributed by atoms with E-state index in [1.54, 1.807) is 29.2 Å². The van der Waals surface area contributed by atoms with Crippen LogP contribution in [0.3, 0.4) is 0 Å². The highest BCUT2D eigenvalue weighted by atomic mass is 16.5. The molecule has 2 unspecified atom stereocenters. The van der Waals surface area contributed by atoms with Gasteiger partial charge in [0.1, 0.15) is 5.75 Å². The Hall–Kier alpha value is -2.41. The normalized spacial score (nSPS) is 22.3. The topological polar surface area (TPSA) is 76.2 Å². The van der Waals surface area contributed by atoms with Crippen LogP contribution in [-0.2, 0) is 14.3 Å². The fraction of sp³-hybridized carbons (Fsp3) is 0.625. The highest BCUT2D eigenvalue weighted by molar-refractivity contribution is 5.98. The minimum atomic E-state index is -0.0444. The number of carbonyl (C=O) groups is 3. The number of ketones is 1. The lowest BCUT2D eigenvalue weighted by Crippen LogP contribution is -2.51. The quantitative estimate of drug-likeness (QED) is 0.622. The second-order valence-corrected chi connectivity index (χ2v) is 8.54. The maximum atomic E-state index is 12.9. The monoisotopic (exact) mass is 430 g/mol. The molecule has 0 spiro atoms. The van der Waals surface area contributed by atoms with E-state index in [0.29, 0.717) is 51.2 Å². The van der Waals surface area contributed by atoms with Gasteiger partial charge in [-0.2, -0.15) is 0 Å². The summed E-state index contributed by atoms with van der Waals surface area (Å²) in [5.41, 5.74) is 0.592. The molecule has 0 bridgehead atoms. The molecular weight excluding hydrogens is 396 g/mol. The first kappa shape index (κ1) is 23.3. The highest BCUT2D eigenvalue weighted by Crippen LogP contribution is 2.23. The summed E-state index contributed by atoms with van der Waals surface area (Å²) in [6.07, 6.45) is 1.86. The number of nitrogens with zero attached hydrogens (tertiary/aromatic N) is 2. The first-order valence-corrected chi connectivity index (χ1v) is 11.4. The summed E-state index contributed by atoms with van der Waals surface area (Å²) in [4.78, 5) is 41.6. The van der Waals surface area contributed by atoms with E-state index in [1.165, 1.54) is 0 Å². The lowest BCUT2D eigenvalue weighted by atomic mass is 9.94. The Morgan fingerprint density at radius 3 is 2.16 bits per heavy atom. The molecule has 0 radical (unpaired) electrons. The highest BCUT2D eigenvalue weighted by Gasteiger charge is 2.33. The minimum absolute atomic E-state index is 0.0150. The predicted molar refractivity (Wildman–Crippen MR) is 117 cm³/mol. The molecule has 170 valence electrons. The van der Waals surface area contributed by atoms with Gasteiger partial charge in [-0.05, 0) is 57.9 Å². The molecule has 0 aromatic heterocycles. The smallest absolute Gasteiger partial charge is 0.225 e. The van der Waals surface area contributed by atoms with Gasteiger partial charge in [-0.1, -0.05) is 0 Å². The van der Waals surface area contributed by atoms with Crippen LogP contribution in [0.5, 0.6) is 5.75 Å². The zero-order valence-corrected chi connectivity index (χ0v) is 18.8. The van der Waals surface area contributed by atoms with Crippen molar-refractivity contribution >= 4 is 17.6 Å². The third-order valence-electron chi connectivity index (χ3n) is 5.98. The zero-order valence-electron chi connectivity index (χ0n) is 18.8. The molecule has 7 nitrogen and oxygen atoms in total. The van der Waals surface area contributed by atoms with E-state index in [2.05, 4.69) is 0 Å². The molecule has 2 amide bonds. The third-order valence-corrected chi connectivity index (χ3v) is 5.98. The standard InChI is InChI=1S/C24H34N2O5/c1-4-30-21-7-5-19(6-8-21)22(27)9-10-23(28)25-13-11-20(12-14-25)24(29)26-15-17(2)31-18(3)16-26/h5-8,17-18,20H,4,9-16H2,1-3H3.